The summed E-state index contributed by atoms with van der Waals surface area (Å²) in [4.78, 5) is 25.4. The molecule has 1 heterocycles. The number of hydrogen-bond donors (Lipinski definition) is 1. The highest BCUT2D eigenvalue weighted by Gasteiger charge is 2.26. The van der Waals surface area contributed by atoms with Crippen LogP contribution in [0, 0.1) is 5.92 Å². The lowest BCUT2D eigenvalue weighted by Crippen LogP contribution is -2.44. The maximum Gasteiger partial charge on any atom is 0.223 e. The highest BCUT2D eigenvalue weighted by atomic mass is 16.2. The molecule has 0 radical (unpaired) electrons. The van der Waals surface area contributed by atoms with Crippen LogP contribution in [0.1, 0.15) is 38.7 Å². The Bertz CT molecular complexity index is 493. The van der Waals surface area contributed by atoms with Gasteiger partial charge in [0.1, 0.15) is 0 Å². The van der Waals surface area contributed by atoms with Gasteiger partial charge in [0.05, 0.1) is 0 Å². The van der Waals surface area contributed by atoms with Gasteiger partial charge in [0, 0.05) is 32.0 Å². The molecule has 1 aromatic carbocycles. The molecule has 1 saturated heterocycles. The molecular weight excluding hydrogens is 276 g/mol. The Balaban J connectivity index is 1.71. The first kappa shape index (κ1) is 16.5. The smallest absolute Gasteiger partial charge is 0.223 e. The molecule has 2 rings (SSSR count). The minimum Gasteiger partial charge on any atom is -0.353 e. The van der Waals surface area contributed by atoms with E-state index in [9.17, 15) is 9.59 Å². The number of benzene rings is 1. The highest BCUT2D eigenvalue weighted by molar-refractivity contribution is 5.79. The summed E-state index contributed by atoms with van der Waals surface area (Å²) in [6.45, 7) is 5.05. The van der Waals surface area contributed by atoms with Crippen LogP contribution in [0.15, 0.2) is 30.3 Å². The van der Waals surface area contributed by atoms with Crippen molar-refractivity contribution in [2.75, 3.05) is 13.1 Å². The summed E-state index contributed by atoms with van der Waals surface area (Å²) >= 11 is 0. The Labute approximate surface area is 132 Å². The van der Waals surface area contributed by atoms with Gasteiger partial charge in [-0.25, -0.2) is 0 Å². The summed E-state index contributed by atoms with van der Waals surface area (Å²) in [6, 6.07) is 10.5. The number of hydrogen-bond acceptors (Lipinski definition) is 2. The van der Waals surface area contributed by atoms with Gasteiger partial charge in [0.2, 0.25) is 11.8 Å². The van der Waals surface area contributed by atoms with E-state index in [-0.39, 0.29) is 23.8 Å². The molecule has 2 amide bonds. The zero-order valence-corrected chi connectivity index (χ0v) is 13.5. The molecule has 1 N–H and O–H groups in total. The van der Waals surface area contributed by atoms with Crippen LogP contribution in [0.3, 0.4) is 0 Å². The van der Waals surface area contributed by atoms with Crippen molar-refractivity contribution in [3.8, 4) is 0 Å². The predicted octanol–water partition coefficient (Wildman–Crippen LogP) is 2.38. The van der Waals surface area contributed by atoms with E-state index in [1.54, 1.807) is 6.92 Å². The van der Waals surface area contributed by atoms with Gasteiger partial charge in [-0.3, -0.25) is 9.59 Å². The molecule has 0 spiro atoms. The molecule has 0 aliphatic carbocycles. The molecule has 1 aliphatic rings. The third kappa shape index (κ3) is 4.86. The second-order valence-electron chi connectivity index (χ2n) is 6.21. The van der Waals surface area contributed by atoms with Crippen molar-refractivity contribution in [3.63, 3.8) is 0 Å². The number of likely N-dealkylation sites (tertiary alicyclic amines) is 1. The molecule has 1 aromatic rings. The van der Waals surface area contributed by atoms with Crippen LogP contribution in [0.5, 0.6) is 0 Å². The molecule has 4 nitrogen and oxygen atoms in total. The molecule has 0 unspecified atom stereocenters. The molecule has 22 heavy (non-hydrogen) atoms. The molecule has 0 aromatic heterocycles. The Morgan fingerprint density at radius 1 is 1.23 bits per heavy atom. The minimum absolute atomic E-state index is 0.0507. The van der Waals surface area contributed by atoms with Crippen LogP contribution in [0.25, 0.3) is 0 Å². The van der Waals surface area contributed by atoms with Gasteiger partial charge in [-0.05, 0) is 38.2 Å². The summed E-state index contributed by atoms with van der Waals surface area (Å²) < 4.78 is 0. The van der Waals surface area contributed by atoms with E-state index in [0.29, 0.717) is 13.1 Å². The van der Waals surface area contributed by atoms with Crippen LogP contribution in [0.2, 0.25) is 0 Å². The SMILES string of the molecule is CC(=O)N1CCC(C(=O)N[C@@H](C)CCc2ccccc2)CC1. The van der Waals surface area contributed by atoms with E-state index in [1.807, 2.05) is 23.1 Å². The minimum atomic E-state index is 0.0507. The Hall–Kier alpha value is -1.84. The van der Waals surface area contributed by atoms with Gasteiger partial charge in [-0.2, -0.15) is 0 Å². The topological polar surface area (TPSA) is 49.4 Å². The van der Waals surface area contributed by atoms with Gasteiger partial charge in [-0.15, -0.1) is 0 Å². The van der Waals surface area contributed by atoms with Crippen molar-refractivity contribution in [1.82, 2.24) is 10.2 Å². The van der Waals surface area contributed by atoms with E-state index in [4.69, 9.17) is 0 Å². The van der Waals surface area contributed by atoms with Crippen LogP contribution in [-0.2, 0) is 16.0 Å². The van der Waals surface area contributed by atoms with Crippen molar-refractivity contribution in [3.05, 3.63) is 35.9 Å². The van der Waals surface area contributed by atoms with E-state index in [1.165, 1.54) is 5.56 Å². The molecule has 1 atom stereocenters. The Kier molecular flexibility index (Phi) is 5.99. The molecule has 4 heteroatoms. The van der Waals surface area contributed by atoms with Crippen LogP contribution in [-0.4, -0.2) is 35.8 Å². The first-order valence-electron chi connectivity index (χ1n) is 8.16. The second kappa shape index (κ2) is 7.97. The van der Waals surface area contributed by atoms with Crippen LogP contribution in [0.4, 0.5) is 0 Å². The predicted molar refractivity (Wildman–Crippen MR) is 87.3 cm³/mol. The normalized spacial score (nSPS) is 17.1. The van der Waals surface area contributed by atoms with Gasteiger partial charge >= 0.3 is 0 Å². The summed E-state index contributed by atoms with van der Waals surface area (Å²) in [5.41, 5.74) is 1.30. The number of aryl methyl sites for hydroxylation is 1. The lowest BCUT2D eigenvalue weighted by Gasteiger charge is -2.31. The van der Waals surface area contributed by atoms with Gasteiger partial charge in [0.15, 0.2) is 0 Å². The zero-order valence-electron chi connectivity index (χ0n) is 13.5. The number of piperidine rings is 1. The summed E-state index contributed by atoms with van der Waals surface area (Å²) in [5.74, 6) is 0.300. The van der Waals surface area contributed by atoms with Crippen molar-refractivity contribution >= 4 is 11.8 Å². The maximum atomic E-state index is 12.3. The van der Waals surface area contributed by atoms with E-state index in [0.717, 1.165) is 25.7 Å². The van der Waals surface area contributed by atoms with Crippen molar-refractivity contribution in [2.45, 2.75) is 45.6 Å². The number of rotatable bonds is 5. The summed E-state index contributed by atoms with van der Waals surface area (Å²) in [5, 5.41) is 3.12. The average molecular weight is 302 g/mol. The third-order valence-electron chi connectivity index (χ3n) is 4.41. The summed E-state index contributed by atoms with van der Waals surface area (Å²) in [7, 11) is 0. The molecule has 1 aliphatic heterocycles. The monoisotopic (exact) mass is 302 g/mol. The lowest BCUT2D eigenvalue weighted by molar-refractivity contribution is -0.134. The zero-order chi connectivity index (χ0) is 15.9. The van der Waals surface area contributed by atoms with Crippen molar-refractivity contribution < 1.29 is 9.59 Å². The van der Waals surface area contributed by atoms with Crippen LogP contribution < -0.4 is 5.32 Å². The number of carbonyl (C=O) groups is 2. The number of nitrogens with zero attached hydrogens (tertiary/aromatic N) is 1. The lowest BCUT2D eigenvalue weighted by atomic mass is 9.95. The Morgan fingerprint density at radius 2 is 1.86 bits per heavy atom. The van der Waals surface area contributed by atoms with Gasteiger partial charge < -0.3 is 10.2 Å². The number of carbonyl (C=O) groups excluding carboxylic acids is 2. The van der Waals surface area contributed by atoms with Crippen molar-refractivity contribution in [1.29, 1.82) is 0 Å². The molecular formula is C18H26N2O2. The average Bonchev–Trinajstić information content (AvgIpc) is 2.54. The first-order valence-corrected chi connectivity index (χ1v) is 8.16. The fourth-order valence-corrected chi connectivity index (χ4v) is 2.92. The molecule has 1 fully saturated rings. The van der Waals surface area contributed by atoms with E-state index >= 15 is 0 Å². The number of nitrogens with one attached hydrogen (secondary N) is 1. The largest absolute Gasteiger partial charge is 0.353 e. The molecule has 0 bridgehead atoms. The van der Waals surface area contributed by atoms with Crippen LogP contribution >= 0.6 is 0 Å². The second-order valence-corrected chi connectivity index (χ2v) is 6.21. The van der Waals surface area contributed by atoms with Crippen molar-refractivity contribution in [2.24, 2.45) is 5.92 Å². The maximum absolute atomic E-state index is 12.3. The fraction of sp³-hybridized carbons (Fsp3) is 0.556. The highest BCUT2D eigenvalue weighted by Crippen LogP contribution is 2.18. The molecule has 120 valence electrons. The fourth-order valence-electron chi connectivity index (χ4n) is 2.92. The van der Waals surface area contributed by atoms with Gasteiger partial charge in [-0.1, -0.05) is 30.3 Å². The van der Waals surface area contributed by atoms with E-state index < -0.39 is 0 Å². The number of amides is 2. The third-order valence-corrected chi connectivity index (χ3v) is 4.41. The quantitative estimate of drug-likeness (QED) is 0.908. The van der Waals surface area contributed by atoms with E-state index in [2.05, 4.69) is 24.4 Å². The standard InChI is InChI=1S/C18H26N2O2/c1-14(8-9-16-6-4-3-5-7-16)19-18(22)17-10-12-20(13-11-17)15(2)21/h3-7,14,17H,8-13H2,1-2H3,(H,19,22)/t14-/m0/s1. The Morgan fingerprint density at radius 3 is 2.45 bits per heavy atom. The summed E-state index contributed by atoms with van der Waals surface area (Å²) in [6.07, 6.45) is 3.47. The first-order chi connectivity index (χ1) is 10.6. The van der Waals surface area contributed by atoms with Gasteiger partial charge in [0.25, 0.3) is 0 Å². The molecule has 0 saturated carbocycles.